The second kappa shape index (κ2) is 7.38. The molecular formula is C17H24N2O2. The molecule has 1 atom stereocenters. The maximum absolute atomic E-state index is 9.46. The zero-order chi connectivity index (χ0) is 15.1. The molecule has 4 heteroatoms. The second-order valence-electron chi connectivity index (χ2n) is 5.53. The first-order valence-electron chi connectivity index (χ1n) is 7.51. The molecule has 1 aromatic heterocycles. The number of likely N-dealkylation sites (N-methyl/N-ethyl adjacent to an activating group) is 1. The van der Waals surface area contributed by atoms with Gasteiger partial charge in [-0.3, -0.25) is 4.98 Å². The van der Waals surface area contributed by atoms with Crippen LogP contribution in [0.3, 0.4) is 0 Å². The molecule has 0 saturated heterocycles. The lowest BCUT2D eigenvalue weighted by Crippen LogP contribution is -2.45. The molecule has 0 fully saturated rings. The van der Waals surface area contributed by atoms with Crippen molar-refractivity contribution in [1.29, 1.82) is 0 Å². The van der Waals surface area contributed by atoms with Crippen LogP contribution in [0.1, 0.15) is 26.7 Å². The van der Waals surface area contributed by atoms with Gasteiger partial charge in [-0.1, -0.05) is 13.0 Å². The van der Waals surface area contributed by atoms with Gasteiger partial charge in [-0.15, -0.1) is 0 Å². The number of hydrogen-bond acceptors (Lipinski definition) is 4. The highest BCUT2D eigenvalue weighted by Crippen LogP contribution is 2.24. The van der Waals surface area contributed by atoms with Crippen LogP contribution < -0.4 is 10.1 Å². The number of benzene rings is 1. The quantitative estimate of drug-likeness (QED) is 0.733. The fourth-order valence-corrected chi connectivity index (χ4v) is 2.50. The number of aliphatic hydroxyl groups excluding tert-OH is 1. The van der Waals surface area contributed by atoms with E-state index in [0.717, 1.165) is 36.0 Å². The Morgan fingerprint density at radius 1 is 1.29 bits per heavy atom. The first kappa shape index (κ1) is 15.7. The summed E-state index contributed by atoms with van der Waals surface area (Å²) >= 11 is 0. The van der Waals surface area contributed by atoms with E-state index in [0.29, 0.717) is 6.61 Å². The van der Waals surface area contributed by atoms with Crippen molar-refractivity contribution in [3.8, 4) is 5.75 Å². The number of rotatable bonds is 8. The number of hydrogen-bond donors (Lipinski definition) is 2. The molecule has 0 spiro atoms. The Bertz CT molecular complexity index is 568. The molecule has 1 heterocycles. The van der Waals surface area contributed by atoms with E-state index in [4.69, 9.17) is 4.74 Å². The summed E-state index contributed by atoms with van der Waals surface area (Å²) in [4.78, 5) is 4.32. The molecule has 4 nitrogen and oxygen atoms in total. The molecule has 114 valence electrons. The van der Waals surface area contributed by atoms with Crippen LogP contribution in [-0.2, 0) is 0 Å². The van der Waals surface area contributed by atoms with E-state index in [9.17, 15) is 5.11 Å². The van der Waals surface area contributed by atoms with E-state index < -0.39 is 0 Å². The van der Waals surface area contributed by atoms with Crippen molar-refractivity contribution in [3.63, 3.8) is 0 Å². The Kier molecular flexibility index (Phi) is 5.53. The van der Waals surface area contributed by atoms with Gasteiger partial charge >= 0.3 is 0 Å². The topological polar surface area (TPSA) is 54.4 Å². The van der Waals surface area contributed by atoms with Crippen LogP contribution in [-0.4, -0.2) is 35.4 Å². The fraction of sp³-hybridized carbons (Fsp3) is 0.471. The molecule has 0 radical (unpaired) electrons. The Hall–Kier alpha value is -1.65. The molecule has 0 aliphatic heterocycles. The monoisotopic (exact) mass is 288 g/mol. The minimum atomic E-state index is -0.224. The molecule has 0 saturated carbocycles. The summed E-state index contributed by atoms with van der Waals surface area (Å²) in [6.45, 7) is 5.72. The van der Waals surface area contributed by atoms with Crippen molar-refractivity contribution in [3.05, 3.63) is 36.5 Å². The van der Waals surface area contributed by atoms with Gasteiger partial charge in [0.25, 0.3) is 0 Å². The van der Waals surface area contributed by atoms with Crippen molar-refractivity contribution in [2.45, 2.75) is 32.2 Å². The Balaban J connectivity index is 1.91. The zero-order valence-electron chi connectivity index (χ0n) is 12.8. The second-order valence-corrected chi connectivity index (χ2v) is 5.53. The highest BCUT2D eigenvalue weighted by Gasteiger charge is 2.21. The van der Waals surface area contributed by atoms with Gasteiger partial charge < -0.3 is 15.2 Å². The first-order chi connectivity index (χ1) is 10.2. The van der Waals surface area contributed by atoms with Crippen molar-refractivity contribution in [2.24, 2.45) is 0 Å². The smallest absolute Gasteiger partial charge is 0.128 e. The lowest BCUT2D eigenvalue weighted by atomic mass is 9.97. The molecule has 2 rings (SSSR count). The van der Waals surface area contributed by atoms with Gasteiger partial charge in [0.15, 0.2) is 0 Å². The summed E-state index contributed by atoms with van der Waals surface area (Å²) in [5, 5.41) is 13.8. The third-order valence-electron chi connectivity index (χ3n) is 3.69. The summed E-state index contributed by atoms with van der Waals surface area (Å²) in [7, 11) is 0. The summed E-state index contributed by atoms with van der Waals surface area (Å²) < 4.78 is 5.89. The number of nitrogens with zero attached hydrogens (tertiary/aromatic N) is 1. The van der Waals surface area contributed by atoms with Crippen molar-refractivity contribution in [1.82, 2.24) is 10.3 Å². The predicted octanol–water partition coefficient (Wildman–Crippen LogP) is 2.75. The van der Waals surface area contributed by atoms with Crippen molar-refractivity contribution in [2.75, 3.05) is 19.8 Å². The number of aliphatic hydroxyl groups is 1. The standard InChI is InChI=1S/C17H24N2O2/c1-3-19-17(2,13-20)10-6-12-21-16-9-4-8-15-14(16)7-5-11-18-15/h4-5,7-9,11,19-20H,3,6,10,12-13H2,1-2H3. The number of ether oxygens (including phenoxy) is 1. The predicted molar refractivity (Wildman–Crippen MR) is 85.6 cm³/mol. The van der Waals surface area contributed by atoms with Crippen LogP contribution in [0, 0.1) is 0 Å². The molecule has 1 unspecified atom stereocenters. The van der Waals surface area contributed by atoms with Crippen LogP contribution in [0.5, 0.6) is 5.75 Å². The summed E-state index contributed by atoms with van der Waals surface area (Å²) in [6.07, 6.45) is 3.55. The number of fused-ring (bicyclic) bond motifs is 1. The van der Waals surface area contributed by atoms with Gasteiger partial charge in [0.2, 0.25) is 0 Å². The van der Waals surface area contributed by atoms with E-state index in [1.165, 1.54) is 0 Å². The molecular weight excluding hydrogens is 264 g/mol. The minimum absolute atomic E-state index is 0.138. The minimum Gasteiger partial charge on any atom is -0.493 e. The summed E-state index contributed by atoms with van der Waals surface area (Å²) in [5.74, 6) is 0.870. The summed E-state index contributed by atoms with van der Waals surface area (Å²) in [5.41, 5.74) is 0.723. The van der Waals surface area contributed by atoms with Gasteiger partial charge in [-0.05, 0) is 50.6 Å². The molecule has 0 amide bonds. The maximum atomic E-state index is 9.46. The van der Waals surface area contributed by atoms with Crippen LogP contribution in [0.4, 0.5) is 0 Å². The maximum Gasteiger partial charge on any atom is 0.128 e. The largest absolute Gasteiger partial charge is 0.493 e. The van der Waals surface area contributed by atoms with Crippen LogP contribution in [0.2, 0.25) is 0 Å². The van der Waals surface area contributed by atoms with E-state index >= 15 is 0 Å². The normalized spacial score (nSPS) is 14.0. The highest BCUT2D eigenvalue weighted by molar-refractivity contribution is 5.84. The third kappa shape index (κ3) is 4.16. The lowest BCUT2D eigenvalue weighted by molar-refractivity contribution is 0.158. The van der Waals surface area contributed by atoms with E-state index in [-0.39, 0.29) is 12.1 Å². The zero-order valence-corrected chi connectivity index (χ0v) is 12.8. The molecule has 0 aliphatic carbocycles. The van der Waals surface area contributed by atoms with Gasteiger partial charge in [0, 0.05) is 17.1 Å². The van der Waals surface area contributed by atoms with Gasteiger partial charge in [0.05, 0.1) is 18.7 Å². The Morgan fingerprint density at radius 2 is 2.14 bits per heavy atom. The lowest BCUT2D eigenvalue weighted by Gasteiger charge is -2.28. The molecule has 21 heavy (non-hydrogen) atoms. The fourth-order valence-electron chi connectivity index (χ4n) is 2.50. The number of pyridine rings is 1. The van der Waals surface area contributed by atoms with Crippen molar-refractivity contribution < 1.29 is 9.84 Å². The average Bonchev–Trinajstić information content (AvgIpc) is 2.52. The van der Waals surface area contributed by atoms with E-state index in [2.05, 4.69) is 10.3 Å². The number of nitrogens with one attached hydrogen (secondary N) is 1. The highest BCUT2D eigenvalue weighted by atomic mass is 16.5. The van der Waals surface area contributed by atoms with Crippen molar-refractivity contribution >= 4 is 10.9 Å². The molecule has 2 aromatic rings. The first-order valence-corrected chi connectivity index (χ1v) is 7.51. The van der Waals surface area contributed by atoms with Gasteiger partial charge in [-0.2, -0.15) is 0 Å². The average molecular weight is 288 g/mol. The van der Waals surface area contributed by atoms with Gasteiger partial charge in [-0.25, -0.2) is 0 Å². The molecule has 0 aliphatic rings. The van der Waals surface area contributed by atoms with Crippen LogP contribution >= 0.6 is 0 Å². The Labute approximate surface area is 126 Å². The SMILES string of the molecule is CCNC(C)(CO)CCCOc1cccc2ncccc12. The molecule has 2 N–H and O–H groups in total. The van der Waals surface area contributed by atoms with E-state index in [1.54, 1.807) is 6.20 Å². The van der Waals surface area contributed by atoms with Gasteiger partial charge in [0.1, 0.15) is 5.75 Å². The third-order valence-corrected chi connectivity index (χ3v) is 3.69. The molecule has 1 aromatic carbocycles. The summed E-state index contributed by atoms with van der Waals surface area (Å²) in [6, 6.07) is 9.86. The molecule has 0 bridgehead atoms. The van der Waals surface area contributed by atoms with E-state index in [1.807, 2.05) is 44.2 Å². The van der Waals surface area contributed by atoms with Crippen LogP contribution in [0.15, 0.2) is 36.5 Å². The Morgan fingerprint density at radius 3 is 2.90 bits per heavy atom. The number of aromatic nitrogens is 1. The van der Waals surface area contributed by atoms with Crippen LogP contribution in [0.25, 0.3) is 10.9 Å².